The Kier molecular flexibility index (Phi) is 5.47. The van der Waals surface area contributed by atoms with E-state index >= 15 is 0 Å². The third-order valence-corrected chi connectivity index (χ3v) is 7.18. The maximum absolute atomic E-state index is 13.2. The number of hydrogen-bond acceptors (Lipinski definition) is 5. The summed E-state index contributed by atoms with van der Waals surface area (Å²) in [6.45, 7) is 3.79. The molecule has 3 atom stereocenters. The van der Waals surface area contributed by atoms with Gasteiger partial charge in [0, 0.05) is 23.6 Å². The molecule has 0 spiro atoms. The van der Waals surface area contributed by atoms with E-state index in [0.717, 1.165) is 4.90 Å². The minimum atomic E-state index is -1.88. The number of ether oxygens (including phenoxy) is 2. The van der Waals surface area contributed by atoms with Gasteiger partial charge in [-0.25, -0.2) is 0 Å². The summed E-state index contributed by atoms with van der Waals surface area (Å²) < 4.78 is 10.6. The number of benzene rings is 1. The summed E-state index contributed by atoms with van der Waals surface area (Å²) in [7, 11) is 2.86. The molecule has 2 amide bonds. The first-order valence-corrected chi connectivity index (χ1v) is 10.2. The van der Waals surface area contributed by atoms with Gasteiger partial charge < -0.3 is 14.6 Å². The monoisotopic (exact) mass is 489 g/mol. The molecule has 28 heavy (non-hydrogen) atoms. The Bertz CT molecular complexity index is 905. The van der Waals surface area contributed by atoms with Gasteiger partial charge >= 0.3 is 0 Å². The molecule has 1 heterocycles. The zero-order valence-corrected chi connectivity index (χ0v) is 18.3. The number of phenols is 1. The second-order valence-corrected chi connectivity index (χ2v) is 8.22. The summed E-state index contributed by atoms with van der Waals surface area (Å²) in [5.74, 6) is -1.82. The van der Waals surface area contributed by atoms with Crippen molar-refractivity contribution in [1.29, 1.82) is 0 Å². The van der Waals surface area contributed by atoms with Crippen molar-refractivity contribution >= 4 is 50.9 Å². The van der Waals surface area contributed by atoms with E-state index in [1.54, 1.807) is 12.1 Å². The molecule has 1 aliphatic heterocycles. The number of fused-ring (bicyclic) bond motifs is 1. The highest BCUT2D eigenvalue weighted by Crippen LogP contribution is 2.61. The number of methoxy groups -OCH3 is 2. The van der Waals surface area contributed by atoms with Crippen LogP contribution in [0.4, 0.5) is 0 Å². The van der Waals surface area contributed by atoms with Crippen LogP contribution in [0.3, 0.4) is 0 Å². The van der Waals surface area contributed by atoms with Gasteiger partial charge in [0.05, 0.1) is 19.7 Å². The van der Waals surface area contributed by atoms with E-state index < -0.39 is 27.5 Å². The first-order chi connectivity index (χ1) is 13.2. The Morgan fingerprint density at radius 3 is 2.54 bits per heavy atom. The predicted octanol–water partition coefficient (Wildman–Crippen LogP) is 3.69. The summed E-state index contributed by atoms with van der Waals surface area (Å²) in [5.41, 5.74) is 0.740. The van der Waals surface area contributed by atoms with Crippen LogP contribution in [0.1, 0.15) is 17.9 Å². The molecule has 2 aliphatic rings. The van der Waals surface area contributed by atoms with Crippen molar-refractivity contribution < 1.29 is 24.2 Å². The lowest BCUT2D eigenvalue weighted by Gasteiger charge is -2.42. The maximum atomic E-state index is 13.2. The van der Waals surface area contributed by atoms with Gasteiger partial charge in [0.15, 0.2) is 9.75 Å². The largest absolute Gasteiger partial charge is 0.507 e. The van der Waals surface area contributed by atoms with Gasteiger partial charge in [0.25, 0.3) is 11.8 Å². The smallest absolute Gasteiger partial charge is 0.254 e. The third kappa shape index (κ3) is 2.60. The van der Waals surface area contributed by atoms with Crippen LogP contribution in [-0.2, 0) is 9.59 Å². The van der Waals surface area contributed by atoms with E-state index in [4.69, 9.17) is 32.7 Å². The number of nitrogens with zero attached hydrogens (tertiary/aromatic N) is 1. The summed E-state index contributed by atoms with van der Waals surface area (Å²) in [5, 5.41) is 10.8. The fourth-order valence-electron chi connectivity index (χ4n) is 3.86. The number of alkyl halides is 3. The van der Waals surface area contributed by atoms with Crippen LogP contribution in [-0.4, -0.2) is 51.2 Å². The first-order valence-electron chi connectivity index (χ1n) is 8.28. The van der Waals surface area contributed by atoms with Gasteiger partial charge in [-0.15, -0.1) is 23.2 Å². The van der Waals surface area contributed by atoms with Crippen molar-refractivity contribution in [3.05, 3.63) is 42.0 Å². The quantitative estimate of drug-likeness (QED) is 0.387. The Morgan fingerprint density at radius 1 is 1.32 bits per heavy atom. The number of rotatable bonds is 5. The van der Waals surface area contributed by atoms with E-state index in [1.165, 1.54) is 26.4 Å². The molecule has 1 saturated heterocycles. The Balaban J connectivity index is 2.34. The van der Waals surface area contributed by atoms with Crippen LogP contribution in [0.25, 0.3) is 0 Å². The SMILES string of the molecule is C=CC1=CC[C@@]2(Cl)C(=O)N(CBr)C(=O)[C@@]2(Cl)[C@H]1c1c(O)cc(OC)cc1OC. The van der Waals surface area contributed by atoms with Crippen molar-refractivity contribution in [3.63, 3.8) is 0 Å². The standard InChI is InChI=1S/C19H18BrCl2NO5/c1-4-10-5-6-18(21)16(25)23(9-20)17(26)19(18,22)15(10)14-12(24)7-11(27-2)8-13(14)28-3/h4-5,7-8,15,24H,1,6,9H2,2-3H3/t15-,18-,19+/m1/s1. The molecule has 9 heteroatoms. The van der Waals surface area contributed by atoms with Crippen molar-refractivity contribution in [2.24, 2.45) is 0 Å². The number of hydrogen-bond donors (Lipinski definition) is 1. The van der Waals surface area contributed by atoms with Crippen molar-refractivity contribution in [3.8, 4) is 17.2 Å². The van der Waals surface area contributed by atoms with E-state index in [2.05, 4.69) is 22.5 Å². The summed E-state index contributed by atoms with van der Waals surface area (Å²) in [6, 6.07) is 2.94. The molecule has 1 aliphatic carbocycles. The molecule has 3 rings (SSSR count). The predicted molar refractivity (Wildman–Crippen MR) is 110 cm³/mol. The molecule has 1 aromatic rings. The maximum Gasteiger partial charge on any atom is 0.254 e. The Morgan fingerprint density at radius 2 is 2.00 bits per heavy atom. The summed E-state index contributed by atoms with van der Waals surface area (Å²) >= 11 is 16.8. The van der Waals surface area contributed by atoms with E-state index in [-0.39, 0.29) is 28.9 Å². The normalized spacial score (nSPS) is 29.4. The first kappa shape index (κ1) is 21.0. The molecule has 6 nitrogen and oxygen atoms in total. The van der Waals surface area contributed by atoms with E-state index in [0.29, 0.717) is 11.3 Å². The number of aromatic hydroxyl groups is 1. The van der Waals surface area contributed by atoms with Crippen molar-refractivity contribution in [1.82, 2.24) is 4.90 Å². The molecule has 1 fully saturated rings. The Hall–Kier alpha value is -1.70. The van der Waals surface area contributed by atoms with Crippen LogP contribution in [0, 0.1) is 0 Å². The van der Waals surface area contributed by atoms with Gasteiger partial charge in [0.2, 0.25) is 0 Å². The molecule has 0 aromatic heterocycles. The number of imide groups is 1. The highest BCUT2D eigenvalue weighted by molar-refractivity contribution is 9.09. The molecule has 0 unspecified atom stereocenters. The lowest BCUT2D eigenvalue weighted by atomic mass is 9.68. The van der Waals surface area contributed by atoms with Crippen LogP contribution in [0.5, 0.6) is 17.2 Å². The number of amides is 2. The summed E-state index contributed by atoms with van der Waals surface area (Å²) in [6.07, 6.45) is 3.28. The van der Waals surface area contributed by atoms with E-state index in [1.807, 2.05) is 0 Å². The van der Waals surface area contributed by atoms with Crippen molar-refractivity contribution in [2.75, 3.05) is 19.7 Å². The highest BCUT2D eigenvalue weighted by atomic mass is 79.9. The average molecular weight is 491 g/mol. The second kappa shape index (κ2) is 7.28. The van der Waals surface area contributed by atoms with Gasteiger partial charge in [-0.2, -0.15) is 0 Å². The highest BCUT2D eigenvalue weighted by Gasteiger charge is 2.73. The number of allylic oxidation sites excluding steroid dienone is 3. The number of halogens is 3. The van der Waals surface area contributed by atoms with Crippen LogP contribution in [0.15, 0.2) is 36.4 Å². The lowest BCUT2D eigenvalue weighted by molar-refractivity contribution is -0.138. The van der Waals surface area contributed by atoms with E-state index in [9.17, 15) is 14.7 Å². The molecular formula is C19H18BrCl2NO5. The molecule has 0 radical (unpaired) electrons. The van der Waals surface area contributed by atoms with Gasteiger partial charge in [0.1, 0.15) is 17.2 Å². The Labute approximate surface area is 180 Å². The molecular weight excluding hydrogens is 473 g/mol. The average Bonchev–Trinajstić information content (AvgIpc) is 2.84. The minimum absolute atomic E-state index is 0.0449. The molecule has 1 N–H and O–H groups in total. The summed E-state index contributed by atoms with van der Waals surface area (Å²) in [4.78, 5) is 23.5. The van der Waals surface area contributed by atoms with Crippen molar-refractivity contribution in [2.45, 2.75) is 22.1 Å². The van der Waals surface area contributed by atoms with Crippen LogP contribution in [0.2, 0.25) is 0 Å². The van der Waals surface area contributed by atoms with Gasteiger partial charge in [-0.05, 0) is 12.0 Å². The second-order valence-electron chi connectivity index (χ2n) is 6.48. The number of carbonyl (C=O) groups is 2. The van der Waals surface area contributed by atoms with Crippen LogP contribution < -0.4 is 9.47 Å². The topological polar surface area (TPSA) is 76.1 Å². The lowest BCUT2D eigenvalue weighted by Crippen LogP contribution is -2.55. The minimum Gasteiger partial charge on any atom is -0.507 e. The molecule has 150 valence electrons. The zero-order chi connectivity index (χ0) is 20.9. The third-order valence-electron chi connectivity index (χ3n) is 5.26. The zero-order valence-electron chi connectivity index (χ0n) is 15.2. The number of phenolic OH excluding ortho intramolecular Hbond substituents is 1. The number of likely N-dealkylation sites (tertiary alicyclic amines) is 1. The van der Waals surface area contributed by atoms with Crippen LogP contribution >= 0.6 is 39.1 Å². The number of carbonyl (C=O) groups excluding carboxylic acids is 2. The fourth-order valence-corrected chi connectivity index (χ4v) is 5.18. The fraction of sp³-hybridized carbons (Fsp3) is 0.368. The molecule has 1 aromatic carbocycles. The molecule has 0 bridgehead atoms. The van der Waals surface area contributed by atoms with Gasteiger partial charge in [-0.1, -0.05) is 34.7 Å². The molecule has 0 saturated carbocycles. The van der Waals surface area contributed by atoms with Gasteiger partial charge in [-0.3, -0.25) is 14.5 Å².